The molecule has 0 bridgehead atoms. The van der Waals surface area contributed by atoms with Crippen LogP contribution in [0.2, 0.25) is 0 Å². The molecule has 2 aromatic carbocycles. The van der Waals surface area contributed by atoms with Crippen molar-refractivity contribution in [3.63, 3.8) is 0 Å². The molecule has 4 fully saturated rings. The molecule has 60 heavy (non-hydrogen) atoms. The highest BCUT2D eigenvalue weighted by molar-refractivity contribution is 7.57. The molecule has 3 amide bonds. The van der Waals surface area contributed by atoms with Gasteiger partial charge < -0.3 is 24.4 Å². The molecule has 3 aliphatic heterocycles. The largest absolute Gasteiger partial charge is 0.465 e. The molecule has 1 saturated carbocycles. The summed E-state index contributed by atoms with van der Waals surface area (Å²) in [5.74, 6) is -2.84. The number of halogens is 1. The van der Waals surface area contributed by atoms with Crippen molar-refractivity contribution < 1.29 is 37.4 Å². The fraction of sp³-hybridized carbons (Fsp3) is 0.489. The molecule has 12 nitrogen and oxygen atoms in total. The third-order valence-corrected chi connectivity index (χ3v) is 15.9. The number of ether oxygens (including phenoxy) is 1. The van der Waals surface area contributed by atoms with Crippen molar-refractivity contribution in [2.24, 2.45) is 5.92 Å². The van der Waals surface area contributed by atoms with Gasteiger partial charge in [0.2, 0.25) is 17.7 Å². The number of pyridine rings is 1. The summed E-state index contributed by atoms with van der Waals surface area (Å²) in [7, 11) is -4.45. The van der Waals surface area contributed by atoms with Gasteiger partial charge in [-0.3, -0.25) is 28.7 Å². The molecule has 1 spiro atoms. The third-order valence-electron chi connectivity index (χ3n) is 12.6. The molecule has 15 heteroatoms. The first-order valence-corrected chi connectivity index (χ1v) is 23.7. The van der Waals surface area contributed by atoms with Crippen molar-refractivity contribution in [3.05, 3.63) is 95.1 Å². The van der Waals surface area contributed by atoms with E-state index in [2.05, 4.69) is 33.3 Å². The van der Waals surface area contributed by atoms with Gasteiger partial charge in [0, 0.05) is 41.1 Å². The van der Waals surface area contributed by atoms with Crippen LogP contribution in [-0.4, -0.2) is 81.3 Å². The van der Waals surface area contributed by atoms with Crippen LogP contribution in [0.1, 0.15) is 111 Å². The van der Waals surface area contributed by atoms with Crippen LogP contribution in [0.25, 0.3) is 10.1 Å². The normalized spacial score (nSPS) is 25.5. The van der Waals surface area contributed by atoms with Gasteiger partial charge in [-0.1, -0.05) is 44.2 Å². The number of hydrogen-bond acceptors (Lipinski definition) is 9. The summed E-state index contributed by atoms with van der Waals surface area (Å²) in [5, 5.41) is 6.17. The number of nitrogens with zero attached hydrogens (tertiary/aromatic N) is 3. The number of carbonyl (C=O) groups is 4. The van der Waals surface area contributed by atoms with Gasteiger partial charge in [0.05, 0.1) is 11.5 Å². The average molecular weight is 858 g/mol. The number of aromatic nitrogens is 1. The van der Waals surface area contributed by atoms with Crippen LogP contribution in [-0.2, 0) is 23.7 Å². The van der Waals surface area contributed by atoms with Crippen LogP contribution >= 0.6 is 18.9 Å². The van der Waals surface area contributed by atoms with E-state index in [1.54, 1.807) is 48.7 Å². The quantitative estimate of drug-likeness (QED) is 0.100. The van der Waals surface area contributed by atoms with E-state index in [1.165, 1.54) is 30.4 Å². The molecule has 1 aliphatic carbocycles. The maximum atomic E-state index is 16.6. The number of thiophene rings is 1. The predicted octanol–water partition coefficient (Wildman–Crippen LogP) is 8.29. The molecular weight excluding hydrogens is 805 g/mol. The van der Waals surface area contributed by atoms with Gasteiger partial charge in [-0.05, 0) is 124 Å². The Labute approximate surface area is 354 Å². The van der Waals surface area contributed by atoms with Gasteiger partial charge in [0.15, 0.2) is 0 Å². The monoisotopic (exact) mass is 857 g/mol. The lowest BCUT2D eigenvalue weighted by Gasteiger charge is -2.38. The molecule has 0 radical (unpaired) electrons. The summed E-state index contributed by atoms with van der Waals surface area (Å²) in [6, 6.07) is 15.9. The van der Waals surface area contributed by atoms with Crippen molar-refractivity contribution in [1.82, 2.24) is 25.2 Å². The van der Waals surface area contributed by atoms with E-state index in [4.69, 9.17) is 9.26 Å². The van der Waals surface area contributed by atoms with Gasteiger partial charge in [0.1, 0.15) is 23.9 Å². The topological polar surface area (TPSA) is 147 Å². The number of para-hydroxylation sites is 1. The van der Waals surface area contributed by atoms with Crippen LogP contribution in [0.4, 0.5) is 4.39 Å². The Bertz CT molecular complexity index is 2280. The summed E-state index contributed by atoms with van der Waals surface area (Å²) < 4.78 is 42.6. The highest BCUT2D eigenvalue weighted by Gasteiger charge is 2.58. The molecule has 4 aromatic rings. The van der Waals surface area contributed by atoms with E-state index in [0.29, 0.717) is 46.7 Å². The van der Waals surface area contributed by atoms with Crippen LogP contribution in [0.3, 0.4) is 0 Å². The van der Waals surface area contributed by atoms with Crippen LogP contribution in [0.15, 0.2) is 79.1 Å². The number of likely N-dealkylation sites (tertiary alicyclic amines) is 1. The number of amides is 3. The second kappa shape index (κ2) is 17.4. The van der Waals surface area contributed by atoms with E-state index in [9.17, 15) is 23.7 Å². The zero-order chi connectivity index (χ0) is 42.2. The minimum Gasteiger partial charge on any atom is -0.465 e. The summed E-state index contributed by atoms with van der Waals surface area (Å²) >= 11 is 1.20. The van der Waals surface area contributed by atoms with Crippen molar-refractivity contribution in [2.45, 2.75) is 120 Å². The SMILES string of the molecule is CCCOC(=O)[C@H](C)NP(=O)(Oc1ccccc1)[C@@H](F)c1ccc2sc(C(=O)N[C@H]3CC[C@@H](C)C[C@H]4CC[C@@H](C(=O)N5C[C@@H](c6cccnc6)CC56CC6)N4C3=O)cc2c1. The number of benzene rings is 2. The smallest absolute Gasteiger partial charge is 0.355 e. The fourth-order valence-electron chi connectivity index (χ4n) is 9.35. The van der Waals surface area contributed by atoms with Gasteiger partial charge in [-0.15, -0.1) is 11.3 Å². The summed E-state index contributed by atoms with van der Waals surface area (Å²) in [4.78, 5) is 64.2. The van der Waals surface area contributed by atoms with Crippen molar-refractivity contribution in [2.75, 3.05) is 13.2 Å². The first kappa shape index (κ1) is 42.1. The molecular formula is C45H53FN5O7PS. The first-order valence-electron chi connectivity index (χ1n) is 21.2. The molecule has 8 rings (SSSR count). The molecule has 8 atom stereocenters. The molecule has 3 saturated heterocycles. The van der Waals surface area contributed by atoms with Crippen molar-refractivity contribution in [3.8, 4) is 5.75 Å². The van der Waals surface area contributed by atoms with Gasteiger partial charge in [-0.25, -0.2) is 9.48 Å². The lowest BCUT2D eigenvalue weighted by molar-refractivity contribution is -0.148. The summed E-state index contributed by atoms with van der Waals surface area (Å²) in [5.41, 5.74) is 1.01. The minimum atomic E-state index is -4.45. The number of esters is 1. The van der Waals surface area contributed by atoms with Crippen molar-refractivity contribution >= 4 is 52.6 Å². The fourth-order valence-corrected chi connectivity index (χ4v) is 12.2. The summed E-state index contributed by atoms with van der Waals surface area (Å²) in [6.45, 7) is 6.23. The molecule has 318 valence electrons. The molecule has 5 heterocycles. The second-order valence-electron chi connectivity index (χ2n) is 17.1. The van der Waals surface area contributed by atoms with Crippen LogP contribution < -0.4 is 14.9 Å². The zero-order valence-electron chi connectivity index (χ0n) is 34.3. The lowest BCUT2D eigenvalue weighted by Crippen LogP contribution is -2.58. The number of alkyl halides is 1. The van der Waals surface area contributed by atoms with Crippen molar-refractivity contribution in [1.29, 1.82) is 0 Å². The Morgan fingerprint density at radius 3 is 2.58 bits per heavy atom. The van der Waals surface area contributed by atoms with Crippen LogP contribution in [0, 0.1) is 5.92 Å². The van der Waals surface area contributed by atoms with E-state index >= 15 is 4.39 Å². The number of carbonyl (C=O) groups excluding carboxylic acids is 4. The standard InChI is InChI=1S/C45H53FN5O7PS/c1-4-21-57-44(55)29(3)49-59(56,58-35-10-6-5-7-11-35)40(46)30-13-17-38-32(23-30)24-39(60-38)41(52)48-36-15-12-28(2)22-34-14-16-37(51(34)42(36)53)43(54)50-27-33(25-45(50)18-19-45)31-9-8-20-47-26-31/h5-11,13,17,20,23-24,26,28-29,33-34,36-37,40H,4,12,14-16,18-19,21-22,25,27H2,1-3H3,(H,48,52)(H,49,56)/t28-,29+,33+,34-,36+,37+,40-,59?/m1/s1. The zero-order valence-corrected chi connectivity index (χ0v) is 36.0. The minimum absolute atomic E-state index is 0.0133. The number of nitrogens with one attached hydrogen (secondary N) is 2. The molecule has 2 aromatic heterocycles. The molecule has 4 aliphatic rings. The Hall–Kier alpha value is -4.65. The summed E-state index contributed by atoms with van der Waals surface area (Å²) in [6.07, 6.45) is 10.4. The lowest BCUT2D eigenvalue weighted by atomic mass is 9.91. The Balaban J connectivity index is 0.992. The Morgan fingerprint density at radius 1 is 1.05 bits per heavy atom. The third kappa shape index (κ3) is 8.60. The Morgan fingerprint density at radius 2 is 1.85 bits per heavy atom. The van der Waals surface area contributed by atoms with Gasteiger partial charge >= 0.3 is 13.5 Å². The predicted molar refractivity (Wildman–Crippen MR) is 227 cm³/mol. The highest BCUT2D eigenvalue weighted by atomic mass is 32.1. The molecule has 2 N–H and O–H groups in total. The number of hydrogen-bond donors (Lipinski definition) is 2. The van der Waals surface area contributed by atoms with E-state index in [1.807, 2.05) is 24.1 Å². The van der Waals surface area contributed by atoms with Gasteiger partial charge in [0.25, 0.3) is 5.91 Å². The molecule has 1 unspecified atom stereocenters. The van der Waals surface area contributed by atoms with E-state index in [0.717, 1.165) is 44.1 Å². The van der Waals surface area contributed by atoms with Gasteiger partial charge in [-0.2, -0.15) is 0 Å². The Kier molecular flexibility index (Phi) is 12.2. The average Bonchev–Trinajstić information content (AvgIpc) is 3.53. The number of fused-ring (bicyclic) bond motifs is 2. The van der Waals surface area contributed by atoms with E-state index in [-0.39, 0.29) is 47.2 Å². The number of rotatable bonds is 13. The highest BCUT2D eigenvalue weighted by Crippen LogP contribution is 2.58. The van der Waals surface area contributed by atoms with E-state index < -0.39 is 43.4 Å². The van der Waals surface area contributed by atoms with Crippen LogP contribution in [0.5, 0.6) is 5.75 Å². The first-order chi connectivity index (χ1) is 28.9. The maximum absolute atomic E-state index is 16.6. The maximum Gasteiger partial charge on any atom is 0.355 e. The second-order valence-corrected chi connectivity index (χ2v) is 20.2.